The molecule has 0 aliphatic carbocycles. The van der Waals surface area contributed by atoms with Crippen molar-refractivity contribution in [3.8, 4) is 0 Å². The molecule has 184 valence electrons. The number of nitrogens with zero attached hydrogens (tertiary/aromatic N) is 1. The van der Waals surface area contributed by atoms with Gasteiger partial charge < -0.3 is 25.6 Å². The van der Waals surface area contributed by atoms with Crippen LogP contribution < -0.4 is 16.0 Å². The molecule has 1 saturated heterocycles. The van der Waals surface area contributed by atoms with Crippen molar-refractivity contribution >= 4 is 17.8 Å². The van der Waals surface area contributed by atoms with Crippen LogP contribution >= 0.6 is 0 Å². The van der Waals surface area contributed by atoms with Crippen molar-refractivity contribution in [2.24, 2.45) is 0 Å². The standard InChI is InChI=1S/C26H35FN4O3/c1-26(2,3)34-25(33)28-14-11-19-7-9-22(10-8-19)30-23-12-15-31(16-13-23)24(32)29-18-20-5-4-6-21(27)17-20/h4-10,17,23,30H,11-16,18H2,1-3H3,(H,28,33)(H,29,32). The zero-order valence-electron chi connectivity index (χ0n) is 20.2. The minimum atomic E-state index is -0.500. The number of rotatable bonds is 7. The van der Waals surface area contributed by atoms with E-state index < -0.39 is 11.7 Å². The molecule has 1 fully saturated rings. The number of anilines is 1. The van der Waals surface area contributed by atoms with Crippen LogP contribution in [0.3, 0.4) is 0 Å². The van der Waals surface area contributed by atoms with Crippen LogP contribution in [0.2, 0.25) is 0 Å². The Balaban J connectivity index is 1.35. The minimum absolute atomic E-state index is 0.118. The van der Waals surface area contributed by atoms with E-state index in [4.69, 9.17) is 4.74 Å². The quantitative estimate of drug-likeness (QED) is 0.549. The Labute approximate surface area is 201 Å². The summed E-state index contributed by atoms with van der Waals surface area (Å²) in [5, 5.41) is 9.18. The van der Waals surface area contributed by atoms with Gasteiger partial charge in [-0.25, -0.2) is 14.0 Å². The van der Waals surface area contributed by atoms with Gasteiger partial charge in [0.2, 0.25) is 0 Å². The molecule has 0 spiro atoms. The number of carbonyl (C=O) groups excluding carboxylic acids is 2. The van der Waals surface area contributed by atoms with Gasteiger partial charge in [-0.3, -0.25) is 0 Å². The van der Waals surface area contributed by atoms with Gasteiger partial charge >= 0.3 is 12.1 Å². The Hall–Kier alpha value is -3.29. The van der Waals surface area contributed by atoms with Crippen LogP contribution in [0.15, 0.2) is 48.5 Å². The van der Waals surface area contributed by atoms with Gasteiger partial charge in [-0.1, -0.05) is 24.3 Å². The normalized spacial score (nSPS) is 14.4. The predicted octanol–water partition coefficient (Wildman–Crippen LogP) is 4.68. The maximum atomic E-state index is 13.3. The van der Waals surface area contributed by atoms with E-state index in [1.165, 1.54) is 12.1 Å². The first-order valence-corrected chi connectivity index (χ1v) is 11.8. The van der Waals surface area contributed by atoms with E-state index in [1.54, 1.807) is 17.0 Å². The van der Waals surface area contributed by atoms with Gasteiger partial charge in [0.05, 0.1) is 0 Å². The first-order chi connectivity index (χ1) is 16.2. The van der Waals surface area contributed by atoms with Crippen LogP contribution in [0.25, 0.3) is 0 Å². The molecule has 0 unspecified atom stereocenters. The molecule has 3 amide bonds. The number of benzene rings is 2. The lowest BCUT2D eigenvalue weighted by Crippen LogP contribution is -2.46. The van der Waals surface area contributed by atoms with Crippen LogP contribution in [0.1, 0.15) is 44.7 Å². The molecule has 2 aromatic rings. The van der Waals surface area contributed by atoms with Crippen molar-refractivity contribution in [1.82, 2.24) is 15.5 Å². The number of piperidine rings is 1. The third-order valence-electron chi connectivity index (χ3n) is 5.52. The highest BCUT2D eigenvalue weighted by Crippen LogP contribution is 2.18. The highest BCUT2D eigenvalue weighted by Gasteiger charge is 2.22. The maximum Gasteiger partial charge on any atom is 0.407 e. The summed E-state index contributed by atoms with van der Waals surface area (Å²) >= 11 is 0. The highest BCUT2D eigenvalue weighted by molar-refractivity contribution is 5.74. The van der Waals surface area contributed by atoms with Gasteiger partial charge in [0.1, 0.15) is 11.4 Å². The maximum absolute atomic E-state index is 13.3. The zero-order chi connectivity index (χ0) is 24.6. The number of likely N-dealkylation sites (tertiary alicyclic amines) is 1. The first-order valence-electron chi connectivity index (χ1n) is 11.8. The van der Waals surface area contributed by atoms with Gasteiger partial charge in [-0.2, -0.15) is 0 Å². The Morgan fingerprint density at radius 2 is 1.74 bits per heavy atom. The Morgan fingerprint density at radius 1 is 1.03 bits per heavy atom. The average Bonchev–Trinajstić information content (AvgIpc) is 2.78. The number of hydrogen-bond acceptors (Lipinski definition) is 4. The summed E-state index contributed by atoms with van der Waals surface area (Å²) in [5.74, 6) is -0.302. The Bertz CT molecular complexity index is 951. The number of alkyl carbamates (subject to hydrolysis) is 1. The van der Waals surface area contributed by atoms with E-state index in [0.29, 0.717) is 32.2 Å². The molecule has 34 heavy (non-hydrogen) atoms. The number of carbonyl (C=O) groups is 2. The van der Waals surface area contributed by atoms with Gasteiger partial charge in [0.15, 0.2) is 0 Å². The second-order valence-electron chi connectivity index (χ2n) is 9.57. The van der Waals surface area contributed by atoms with E-state index in [0.717, 1.165) is 36.1 Å². The molecule has 0 aromatic heterocycles. The number of nitrogens with one attached hydrogen (secondary N) is 3. The third-order valence-corrected chi connectivity index (χ3v) is 5.52. The minimum Gasteiger partial charge on any atom is -0.444 e. The monoisotopic (exact) mass is 470 g/mol. The number of ether oxygens (including phenoxy) is 1. The van der Waals surface area contributed by atoms with Crippen molar-refractivity contribution in [2.75, 3.05) is 25.0 Å². The number of amides is 3. The summed E-state index contributed by atoms with van der Waals surface area (Å²) in [4.78, 5) is 25.9. The van der Waals surface area contributed by atoms with Crippen LogP contribution in [0.4, 0.5) is 19.7 Å². The summed E-state index contributed by atoms with van der Waals surface area (Å²) in [6, 6.07) is 14.6. The molecule has 1 aliphatic heterocycles. The molecule has 3 rings (SSSR count). The smallest absolute Gasteiger partial charge is 0.407 e. The summed E-state index contributed by atoms with van der Waals surface area (Å²) in [7, 11) is 0. The average molecular weight is 471 g/mol. The SMILES string of the molecule is CC(C)(C)OC(=O)NCCc1ccc(NC2CCN(C(=O)NCc3cccc(F)c3)CC2)cc1. The number of halogens is 1. The molecule has 0 radical (unpaired) electrons. The van der Waals surface area contributed by atoms with Crippen LogP contribution in [-0.2, 0) is 17.7 Å². The Morgan fingerprint density at radius 3 is 2.38 bits per heavy atom. The van der Waals surface area contributed by atoms with E-state index >= 15 is 0 Å². The molecule has 2 aromatic carbocycles. The molecule has 1 aliphatic rings. The van der Waals surface area contributed by atoms with Crippen molar-refractivity contribution in [2.45, 2.75) is 58.2 Å². The number of urea groups is 1. The van der Waals surface area contributed by atoms with E-state index in [2.05, 4.69) is 16.0 Å². The molecular formula is C26H35FN4O3. The Kier molecular flexibility index (Phi) is 8.73. The molecular weight excluding hydrogens is 435 g/mol. The van der Waals surface area contributed by atoms with Crippen molar-refractivity contribution in [3.05, 3.63) is 65.5 Å². The largest absolute Gasteiger partial charge is 0.444 e. The van der Waals surface area contributed by atoms with Gasteiger partial charge in [-0.15, -0.1) is 0 Å². The molecule has 8 heteroatoms. The molecule has 1 heterocycles. The topological polar surface area (TPSA) is 82.7 Å². The first kappa shape index (κ1) is 25.3. The van der Waals surface area contributed by atoms with Crippen LogP contribution in [0, 0.1) is 5.82 Å². The van der Waals surface area contributed by atoms with Gasteiger partial charge in [0.25, 0.3) is 0 Å². The van der Waals surface area contributed by atoms with Crippen molar-refractivity contribution in [1.29, 1.82) is 0 Å². The fourth-order valence-electron chi connectivity index (χ4n) is 3.79. The summed E-state index contributed by atoms with van der Waals surface area (Å²) in [6.07, 6.45) is 2.03. The fourth-order valence-corrected chi connectivity index (χ4v) is 3.79. The number of hydrogen-bond donors (Lipinski definition) is 3. The molecule has 0 bridgehead atoms. The predicted molar refractivity (Wildman–Crippen MR) is 131 cm³/mol. The molecule has 0 atom stereocenters. The lowest BCUT2D eigenvalue weighted by Gasteiger charge is -2.33. The van der Waals surface area contributed by atoms with Gasteiger partial charge in [0, 0.05) is 37.9 Å². The van der Waals surface area contributed by atoms with E-state index in [9.17, 15) is 14.0 Å². The lowest BCUT2D eigenvalue weighted by atomic mass is 10.0. The summed E-state index contributed by atoms with van der Waals surface area (Å²) in [5.41, 5.74) is 2.42. The third kappa shape index (κ3) is 8.57. The van der Waals surface area contributed by atoms with Crippen molar-refractivity contribution < 1.29 is 18.7 Å². The van der Waals surface area contributed by atoms with E-state index in [1.807, 2.05) is 45.0 Å². The van der Waals surface area contributed by atoms with Crippen molar-refractivity contribution in [3.63, 3.8) is 0 Å². The highest BCUT2D eigenvalue weighted by atomic mass is 19.1. The zero-order valence-corrected chi connectivity index (χ0v) is 20.2. The molecule has 3 N–H and O–H groups in total. The second-order valence-corrected chi connectivity index (χ2v) is 9.57. The van der Waals surface area contributed by atoms with Crippen LogP contribution in [0.5, 0.6) is 0 Å². The van der Waals surface area contributed by atoms with Crippen LogP contribution in [-0.4, -0.2) is 48.3 Å². The van der Waals surface area contributed by atoms with E-state index in [-0.39, 0.29) is 11.8 Å². The fraction of sp³-hybridized carbons (Fsp3) is 0.462. The summed E-state index contributed by atoms with van der Waals surface area (Å²) in [6.45, 7) is 7.68. The summed E-state index contributed by atoms with van der Waals surface area (Å²) < 4.78 is 18.5. The lowest BCUT2D eigenvalue weighted by molar-refractivity contribution is 0.0528. The second kappa shape index (κ2) is 11.7. The van der Waals surface area contributed by atoms with Gasteiger partial charge in [-0.05, 0) is 75.4 Å². The molecule has 0 saturated carbocycles. The molecule has 7 nitrogen and oxygen atoms in total.